The average Bonchev–Trinajstić information content (AvgIpc) is 3.45. The molecule has 0 atom stereocenters. The van der Waals surface area contributed by atoms with Gasteiger partial charge >= 0.3 is 0 Å². The molecule has 1 aliphatic carbocycles. The number of rotatable bonds is 3. The Morgan fingerprint density at radius 1 is 0.264 bits per heavy atom. The van der Waals surface area contributed by atoms with Crippen LogP contribution in [0.4, 0.5) is 0 Å². The minimum atomic E-state index is -0.0144. The van der Waals surface area contributed by atoms with Gasteiger partial charge in [0.25, 0.3) is 0 Å². The lowest BCUT2D eigenvalue weighted by atomic mass is 9.81. The molecule has 0 N–H and O–H groups in total. The fourth-order valence-electron chi connectivity index (χ4n) is 9.18. The minimum Gasteiger partial charge on any atom is -0.0619 e. The van der Waals surface area contributed by atoms with Crippen molar-refractivity contribution in [2.45, 2.75) is 19.3 Å². The first kappa shape index (κ1) is 30.2. The molecule has 0 aliphatic heterocycles. The maximum absolute atomic E-state index is 2.42. The highest BCUT2D eigenvalue weighted by Crippen LogP contribution is 2.49. The van der Waals surface area contributed by atoms with Crippen molar-refractivity contribution >= 4 is 53.9 Å². The Balaban J connectivity index is 0.971. The molecule has 53 heavy (non-hydrogen) atoms. The van der Waals surface area contributed by atoms with Gasteiger partial charge in [-0.3, -0.25) is 0 Å². The van der Waals surface area contributed by atoms with Crippen LogP contribution in [0.25, 0.3) is 98.4 Å². The third kappa shape index (κ3) is 4.62. The van der Waals surface area contributed by atoms with E-state index in [9.17, 15) is 0 Å². The Morgan fingerprint density at radius 3 is 1.19 bits per heavy atom. The van der Waals surface area contributed by atoms with Crippen molar-refractivity contribution in [2.75, 3.05) is 0 Å². The second-order valence-electron chi connectivity index (χ2n) is 15.3. The molecule has 10 aromatic carbocycles. The Hall–Kier alpha value is -6.50. The predicted octanol–water partition coefficient (Wildman–Crippen LogP) is 14.8. The first-order valence-electron chi connectivity index (χ1n) is 18.7. The molecule has 11 rings (SSSR count). The smallest absolute Gasteiger partial charge is 0.0159 e. The summed E-state index contributed by atoms with van der Waals surface area (Å²) in [7, 11) is 0. The molecule has 0 saturated heterocycles. The largest absolute Gasteiger partial charge is 0.0619 e. The molecule has 0 radical (unpaired) electrons. The molecule has 0 aromatic heterocycles. The summed E-state index contributed by atoms with van der Waals surface area (Å²) in [6.45, 7) is 4.71. The third-order valence-corrected chi connectivity index (χ3v) is 12.0. The molecule has 1 aliphatic rings. The zero-order chi connectivity index (χ0) is 35.3. The van der Waals surface area contributed by atoms with E-state index in [1.807, 2.05) is 0 Å². The standard InChI is InChI=1S/C53H36/c1-53(2)51-14-8-7-13-48(51)49-26-24-40(32-52(49)53)38-22-18-34-16-20-36(28-42(34)30-38)35-19-15-33-17-21-37(29-41(33)27-35)39-23-25-47-45-11-4-3-9-43(45)44-10-5-6-12-46(44)50(47)31-39/h3-32H,1-2H3. The maximum Gasteiger partial charge on any atom is 0.0159 e. The van der Waals surface area contributed by atoms with Crippen molar-refractivity contribution in [3.63, 3.8) is 0 Å². The van der Waals surface area contributed by atoms with Crippen LogP contribution in [-0.4, -0.2) is 0 Å². The van der Waals surface area contributed by atoms with Gasteiger partial charge in [0.1, 0.15) is 0 Å². The molecule has 0 saturated carbocycles. The monoisotopic (exact) mass is 672 g/mol. The molecule has 0 heteroatoms. The Morgan fingerprint density at radius 2 is 0.642 bits per heavy atom. The molecule has 0 nitrogen and oxygen atoms in total. The second kappa shape index (κ2) is 11.2. The number of hydrogen-bond donors (Lipinski definition) is 0. The fourth-order valence-corrected chi connectivity index (χ4v) is 9.18. The topological polar surface area (TPSA) is 0 Å². The van der Waals surface area contributed by atoms with E-state index in [0.717, 1.165) is 0 Å². The number of benzene rings is 10. The molecule has 0 unspecified atom stereocenters. The van der Waals surface area contributed by atoms with Crippen molar-refractivity contribution in [2.24, 2.45) is 0 Å². The molecule has 0 spiro atoms. The van der Waals surface area contributed by atoms with E-state index in [1.165, 1.54) is 109 Å². The summed E-state index contributed by atoms with van der Waals surface area (Å²) < 4.78 is 0. The molecule has 0 bridgehead atoms. The second-order valence-corrected chi connectivity index (χ2v) is 15.3. The predicted molar refractivity (Wildman–Crippen MR) is 228 cm³/mol. The zero-order valence-corrected chi connectivity index (χ0v) is 29.8. The lowest BCUT2D eigenvalue weighted by Crippen LogP contribution is -2.14. The van der Waals surface area contributed by atoms with Gasteiger partial charge < -0.3 is 0 Å². The lowest BCUT2D eigenvalue weighted by molar-refractivity contribution is 0.660. The van der Waals surface area contributed by atoms with Gasteiger partial charge in [0.2, 0.25) is 0 Å². The molecule has 0 fully saturated rings. The van der Waals surface area contributed by atoms with Crippen LogP contribution in [0.1, 0.15) is 25.0 Å². The van der Waals surface area contributed by atoms with E-state index in [1.54, 1.807) is 0 Å². The van der Waals surface area contributed by atoms with Crippen LogP contribution in [0.5, 0.6) is 0 Å². The Labute approximate surface area is 309 Å². The van der Waals surface area contributed by atoms with E-state index >= 15 is 0 Å². The Bertz CT molecular complexity index is 3100. The van der Waals surface area contributed by atoms with Crippen molar-refractivity contribution in [1.29, 1.82) is 0 Å². The van der Waals surface area contributed by atoms with E-state index < -0.39 is 0 Å². The van der Waals surface area contributed by atoms with Crippen LogP contribution < -0.4 is 0 Å². The van der Waals surface area contributed by atoms with Crippen molar-refractivity contribution in [3.05, 3.63) is 193 Å². The highest BCUT2D eigenvalue weighted by Gasteiger charge is 2.35. The van der Waals surface area contributed by atoms with Crippen LogP contribution >= 0.6 is 0 Å². The van der Waals surface area contributed by atoms with Gasteiger partial charge in [-0.1, -0.05) is 159 Å². The van der Waals surface area contributed by atoms with Gasteiger partial charge in [0.05, 0.1) is 0 Å². The molecular formula is C53H36. The van der Waals surface area contributed by atoms with Crippen LogP contribution in [-0.2, 0) is 5.41 Å². The van der Waals surface area contributed by atoms with Gasteiger partial charge in [-0.2, -0.15) is 0 Å². The molecular weight excluding hydrogens is 637 g/mol. The summed E-state index contributed by atoms with van der Waals surface area (Å²) in [4.78, 5) is 0. The SMILES string of the molecule is CC1(C)c2ccccc2-c2ccc(-c3ccc4ccc(-c5ccc6ccc(-c7ccc8c9ccccc9c9ccccc9c8c7)cc6c5)cc4c3)cc21. The van der Waals surface area contributed by atoms with Crippen LogP contribution in [0.3, 0.4) is 0 Å². The van der Waals surface area contributed by atoms with Gasteiger partial charge in [-0.25, -0.2) is 0 Å². The average molecular weight is 673 g/mol. The van der Waals surface area contributed by atoms with Crippen molar-refractivity contribution < 1.29 is 0 Å². The summed E-state index contributed by atoms with van der Waals surface area (Å²) in [5.41, 5.74) is 13.0. The quantitative estimate of drug-likeness (QED) is 0.164. The first-order valence-corrected chi connectivity index (χ1v) is 18.7. The van der Waals surface area contributed by atoms with Gasteiger partial charge in [-0.05, 0) is 146 Å². The van der Waals surface area contributed by atoms with Gasteiger partial charge in [-0.15, -0.1) is 0 Å². The van der Waals surface area contributed by atoms with Crippen molar-refractivity contribution in [1.82, 2.24) is 0 Å². The molecule has 0 amide bonds. The molecule has 248 valence electrons. The van der Waals surface area contributed by atoms with Gasteiger partial charge in [0, 0.05) is 5.41 Å². The lowest BCUT2D eigenvalue weighted by Gasteiger charge is -2.22. The number of fused-ring (bicyclic) bond motifs is 11. The van der Waals surface area contributed by atoms with E-state index in [-0.39, 0.29) is 5.41 Å². The van der Waals surface area contributed by atoms with Crippen LogP contribution in [0.2, 0.25) is 0 Å². The highest BCUT2D eigenvalue weighted by molar-refractivity contribution is 6.25. The third-order valence-electron chi connectivity index (χ3n) is 12.0. The summed E-state index contributed by atoms with van der Waals surface area (Å²) in [6, 6.07) is 68.0. The zero-order valence-electron chi connectivity index (χ0n) is 29.8. The Kier molecular flexibility index (Phi) is 6.40. The van der Waals surface area contributed by atoms with E-state index in [2.05, 4.69) is 196 Å². The van der Waals surface area contributed by atoms with Crippen LogP contribution in [0, 0.1) is 0 Å². The van der Waals surface area contributed by atoms with Crippen molar-refractivity contribution in [3.8, 4) is 44.5 Å². The molecule has 10 aromatic rings. The van der Waals surface area contributed by atoms with E-state index in [0.29, 0.717) is 0 Å². The van der Waals surface area contributed by atoms with Crippen LogP contribution in [0.15, 0.2) is 182 Å². The van der Waals surface area contributed by atoms with E-state index in [4.69, 9.17) is 0 Å². The summed E-state index contributed by atoms with van der Waals surface area (Å²) >= 11 is 0. The minimum absolute atomic E-state index is 0.0144. The summed E-state index contributed by atoms with van der Waals surface area (Å²) in [5, 5.41) is 12.8. The highest BCUT2D eigenvalue weighted by atomic mass is 14.4. The van der Waals surface area contributed by atoms with Gasteiger partial charge in [0.15, 0.2) is 0 Å². The summed E-state index contributed by atoms with van der Waals surface area (Å²) in [5.74, 6) is 0. The summed E-state index contributed by atoms with van der Waals surface area (Å²) in [6.07, 6.45) is 0. The first-order chi connectivity index (χ1) is 26.0. The number of hydrogen-bond acceptors (Lipinski definition) is 0. The fraction of sp³-hybridized carbons (Fsp3) is 0.0566. The maximum atomic E-state index is 2.42. The molecule has 0 heterocycles. The normalized spacial score (nSPS) is 13.2.